The van der Waals surface area contributed by atoms with Crippen molar-refractivity contribution in [3.8, 4) is 0 Å². The second kappa shape index (κ2) is 9.38. The lowest BCUT2D eigenvalue weighted by Gasteiger charge is -2.41. The van der Waals surface area contributed by atoms with E-state index in [0.717, 1.165) is 44.2 Å². The molecule has 3 rings (SSSR count). The van der Waals surface area contributed by atoms with E-state index in [4.69, 9.17) is 5.73 Å². The number of nitrogens with two attached hydrogens (primary N) is 1. The lowest BCUT2D eigenvalue weighted by Crippen LogP contribution is -2.54. The molecule has 144 valence electrons. The van der Waals surface area contributed by atoms with Gasteiger partial charge in [-0.05, 0) is 51.2 Å². The summed E-state index contributed by atoms with van der Waals surface area (Å²) < 4.78 is 0. The van der Waals surface area contributed by atoms with Gasteiger partial charge in [0.05, 0.1) is 0 Å². The number of likely N-dealkylation sites (tertiary alicyclic amines) is 2. The van der Waals surface area contributed by atoms with Gasteiger partial charge in [-0.2, -0.15) is 0 Å². The molecule has 2 heterocycles. The summed E-state index contributed by atoms with van der Waals surface area (Å²) in [5, 5.41) is 0. The van der Waals surface area contributed by atoms with Crippen LogP contribution >= 0.6 is 12.4 Å². The Labute approximate surface area is 162 Å². The van der Waals surface area contributed by atoms with Gasteiger partial charge in [0, 0.05) is 43.2 Å². The van der Waals surface area contributed by atoms with Gasteiger partial charge in [-0.1, -0.05) is 18.2 Å². The normalized spacial score (nSPS) is 22.5. The van der Waals surface area contributed by atoms with Crippen LogP contribution in [0.25, 0.3) is 0 Å². The molecule has 0 aliphatic carbocycles. The molecule has 2 N–H and O–H groups in total. The lowest BCUT2D eigenvalue weighted by molar-refractivity contribution is -0.141. The van der Waals surface area contributed by atoms with Crippen LogP contribution in [0.15, 0.2) is 30.3 Å². The van der Waals surface area contributed by atoms with Crippen LogP contribution in [0.2, 0.25) is 0 Å². The number of rotatable bonds is 3. The number of benzene rings is 1. The first kappa shape index (κ1) is 20.7. The third kappa shape index (κ3) is 4.57. The first-order chi connectivity index (χ1) is 12.1. The van der Waals surface area contributed by atoms with Crippen LogP contribution in [0.1, 0.15) is 49.4 Å². The van der Waals surface area contributed by atoms with Crippen molar-refractivity contribution in [3.63, 3.8) is 0 Å². The Balaban J connectivity index is 0.00000243. The summed E-state index contributed by atoms with van der Waals surface area (Å²) in [6.45, 7) is 4.13. The van der Waals surface area contributed by atoms with Gasteiger partial charge < -0.3 is 15.5 Å². The molecule has 2 amide bonds. The number of carbonyl (C=O) groups is 2. The Hall–Kier alpha value is -1.59. The maximum atomic E-state index is 13.0. The molecule has 5 nitrogen and oxygen atoms in total. The fraction of sp³-hybridized carbons (Fsp3) is 0.600. The highest BCUT2D eigenvalue weighted by Gasteiger charge is 2.35. The minimum absolute atomic E-state index is 0. The predicted octanol–water partition coefficient (Wildman–Crippen LogP) is 2.69. The molecule has 6 heteroatoms. The van der Waals surface area contributed by atoms with Gasteiger partial charge in [-0.25, -0.2) is 0 Å². The number of piperidine rings is 2. The van der Waals surface area contributed by atoms with Crippen LogP contribution in [0, 0.1) is 5.92 Å². The fourth-order valence-corrected chi connectivity index (χ4v) is 4.10. The van der Waals surface area contributed by atoms with Crippen LogP contribution in [0.5, 0.6) is 0 Å². The number of hydrogen-bond donors (Lipinski definition) is 1. The van der Waals surface area contributed by atoms with Crippen LogP contribution in [0.4, 0.5) is 0 Å². The molecule has 0 spiro atoms. The summed E-state index contributed by atoms with van der Waals surface area (Å²) >= 11 is 0. The van der Waals surface area contributed by atoms with Crippen molar-refractivity contribution in [2.75, 3.05) is 19.6 Å². The van der Waals surface area contributed by atoms with Crippen LogP contribution in [0.3, 0.4) is 0 Å². The second-order valence-electron chi connectivity index (χ2n) is 7.39. The first-order valence-corrected chi connectivity index (χ1v) is 9.48. The van der Waals surface area contributed by atoms with Gasteiger partial charge in [-0.3, -0.25) is 9.59 Å². The SMILES string of the molecule is CC(N)C1CCCCN1C(=O)C1CCN(C(=O)c2ccccc2)CC1.Cl. The molecule has 0 radical (unpaired) electrons. The van der Waals surface area contributed by atoms with Crippen LogP contribution in [-0.4, -0.2) is 53.3 Å². The van der Waals surface area contributed by atoms with Crippen molar-refractivity contribution in [3.05, 3.63) is 35.9 Å². The number of amides is 2. The van der Waals surface area contributed by atoms with E-state index < -0.39 is 0 Å². The van der Waals surface area contributed by atoms with E-state index in [9.17, 15) is 9.59 Å². The zero-order valence-corrected chi connectivity index (χ0v) is 16.3. The van der Waals surface area contributed by atoms with Gasteiger partial charge in [0.25, 0.3) is 5.91 Å². The first-order valence-electron chi connectivity index (χ1n) is 9.48. The number of carbonyl (C=O) groups excluding carboxylic acids is 2. The van der Waals surface area contributed by atoms with Crippen LogP contribution in [-0.2, 0) is 4.79 Å². The van der Waals surface area contributed by atoms with E-state index in [2.05, 4.69) is 0 Å². The molecule has 2 unspecified atom stereocenters. The third-order valence-electron chi connectivity index (χ3n) is 5.59. The predicted molar refractivity (Wildman–Crippen MR) is 105 cm³/mol. The van der Waals surface area contributed by atoms with Crippen molar-refractivity contribution >= 4 is 24.2 Å². The van der Waals surface area contributed by atoms with Crippen molar-refractivity contribution in [2.45, 2.75) is 51.1 Å². The highest BCUT2D eigenvalue weighted by atomic mass is 35.5. The van der Waals surface area contributed by atoms with E-state index in [1.54, 1.807) is 0 Å². The summed E-state index contributed by atoms with van der Waals surface area (Å²) in [5.41, 5.74) is 6.83. The molecule has 1 aromatic rings. The molecule has 2 atom stereocenters. The lowest BCUT2D eigenvalue weighted by atomic mass is 9.90. The molecule has 0 saturated carbocycles. The average Bonchev–Trinajstić information content (AvgIpc) is 2.67. The van der Waals surface area contributed by atoms with E-state index in [0.29, 0.717) is 13.1 Å². The zero-order valence-electron chi connectivity index (χ0n) is 15.5. The molecular formula is C20H30ClN3O2. The van der Waals surface area contributed by atoms with Crippen molar-refractivity contribution in [2.24, 2.45) is 11.7 Å². The van der Waals surface area contributed by atoms with Crippen molar-refractivity contribution < 1.29 is 9.59 Å². The molecule has 2 aliphatic rings. The van der Waals surface area contributed by atoms with Gasteiger partial charge >= 0.3 is 0 Å². The Bertz CT molecular complexity index is 600. The van der Waals surface area contributed by atoms with Gasteiger partial charge in [0.1, 0.15) is 0 Å². The minimum atomic E-state index is 0. The summed E-state index contributed by atoms with van der Waals surface area (Å²) in [6.07, 6.45) is 4.73. The van der Waals surface area contributed by atoms with Crippen molar-refractivity contribution in [1.82, 2.24) is 9.80 Å². The van der Waals surface area contributed by atoms with Crippen molar-refractivity contribution in [1.29, 1.82) is 0 Å². The fourth-order valence-electron chi connectivity index (χ4n) is 4.10. The molecule has 0 aromatic heterocycles. The van der Waals surface area contributed by atoms with E-state index >= 15 is 0 Å². The molecule has 1 aromatic carbocycles. The Morgan fingerprint density at radius 1 is 1.04 bits per heavy atom. The molecule has 2 fully saturated rings. The van der Waals surface area contributed by atoms with E-state index in [-0.39, 0.29) is 42.2 Å². The molecule has 26 heavy (non-hydrogen) atoms. The summed E-state index contributed by atoms with van der Waals surface area (Å²) in [6, 6.07) is 9.56. The summed E-state index contributed by atoms with van der Waals surface area (Å²) in [7, 11) is 0. The number of nitrogens with zero attached hydrogens (tertiary/aromatic N) is 2. The number of hydrogen-bond acceptors (Lipinski definition) is 3. The van der Waals surface area contributed by atoms with Crippen LogP contribution < -0.4 is 5.73 Å². The quantitative estimate of drug-likeness (QED) is 0.877. The topological polar surface area (TPSA) is 66.6 Å². The summed E-state index contributed by atoms with van der Waals surface area (Å²) in [5.74, 6) is 0.339. The largest absolute Gasteiger partial charge is 0.339 e. The average molecular weight is 380 g/mol. The van der Waals surface area contributed by atoms with Gasteiger partial charge in [0.2, 0.25) is 5.91 Å². The van der Waals surface area contributed by atoms with Gasteiger partial charge in [-0.15, -0.1) is 12.4 Å². The highest BCUT2D eigenvalue weighted by molar-refractivity contribution is 5.94. The van der Waals surface area contributed by atoms with E-state index in [1.807, 2.05) is 47.1 Å². The third-order valence-corrected chi connectivity index (χ3v) is 5.59. The molecule has 2 aliphatic heterocycles. The maximum Gasteiger partial charge on any atom is 0.253 e. The molecule has 0 bridgehead atoms. The Kier molecular flexibility index (Phi) is 7.47. The zero-order chi connectivity index (χ0) is 17.8. The maximum absolute atomic E-state index is 13.0. The monoisotopic (exact) mass is 379 g/mol. The Morgan fingerprint density at radius 2 is 1.69 bits per heavy atom. The second-order valence-corrected chi connectivity index (χ2v) is 7.39. The van der Waals surface area contributed by atoms with E-state index in [1.165, 1.54) is 0 Å². The van der Waals surface area contributed by atoms with Gasteiger partial charge in [0.15, 0.2) is 0 Å². The molecule has 2 saturated heterocycles. The number of halogens is 1. The highest BCUT2D eigenvalue weighted by Crippen LogP contribution is 2.26. The minimum Gasteiger partial charge on any atom is -0.339 e. The standard InChI is InChI=1S/C20H29N3O2.ClH/c1-15(21)18-9-5-6-12-23(18)20(25)17-10-13-22(14-11-17)19(24)16-7-3-2-4-8-16;/h2-4,7-8,15,17-18H,5-6,9-14,21H2,1H3;1H. The summed E-state index contributed by atoms with van der Waals surface area (Å²) in [4.78, 5) is 29.4. The smallest absolute Gasteiger partial charge is 0.253 e. The molecular weight excluding hydrogens is 350 g/mol. The Morgan fingerprint density at radius 3 is 2.31 bits per heavy atom.